The Balaban J connectivity index is 0.824. The van der Waals surface area contributed by atoms with Gasteiger partial charge >= 0.3 is 5.97 Å². The molecule has 58 heavy (non-hydrogen) atoms. The number of rotatable bonds is 13. The first-order valence-corrected chi connectivity index (χ1v) is 21.1. The van der Waals surface area contributed by atoms with Crippen molar-refractivity contribution in [1.82, 2.24) is 35.2 Å². The first-order chi connectivity index (χ1) is 28.2. The standard InChI is InChI=1S/C44H57N9O5/c1-6-57-43(55)40(27(2)3)38-23-39(50-58-38)52-18-10-29(11-19-52)9-15-51-16-12-31(13-17-51)32-24-45-44(46-25-32)53-20-14-35-41(28(53)4)34-22-36(48-49-42(34)47-35)33-21-30(26-56-5)7-8-37(33)54/h7-8,21-25,27-29,31,40,54H,6,9-20,26H2,1-5H3,(H,47,49)/t28-,40?/m0/s1. The van der Waals surface area contributed by atoms with Crippen LogP contribution in [0.3, 0.4) is 0 Å². The van der Waals surface area contributed by atoms with E-state index in [4.69, 9.17) is 24.0 Å². The third-order valence-corrected chi connectivity index (χ3v) is 12.6. The fraction of sp³-hybridized carbons (Fsp3) is 0.545. The van der Waals surface area contributed by atoms with Crippen molar-refractivity contribution >= 4 is 28.8 Å². The molecule has 2 saturated heterocycles. The third-order valence-electron chi connectivity index (χ3n) is 12.6. The summed E-state index contributed by atoms with van der Waals surface area (Å²) in [5.41, 5.74) is 6.51. The molecule has 14 nitrogen and oxygen atoms in total. The Bertz CT molecular complexity index is 2170. The van der Waals surface area contributed by atoms with Gasteiger partial charge in [0.15, 0.2) is 17.2 Å². The lowest BCUT2D eigenvalue weighted by molar-refractivity contribution is -0.146. The van der Waals surface area contributed by atoms with Crippen molar-refractivity contribution in [2.24, 2.45) is 11.8 Å². The molecule has 0 bridgehead atoms. The van der Waals surface area contributed by atoms with E-state index >= 15 is 0 Å². The quantitative estimate of drug-likeness (QED) is 0.116. The summed E-state index contributed by atoms with van der Waals surface area (Å²) < 4.78 is 16.3. The number of anilines is 2. The summed E-state index contributed by atoms with van der Waals surface area (Å²) in [6, 6.07) is 9.43. The summed E-state index contributed by atoms with van der Waals surface area (Å²) in [5.74, 6) is 2.86. The number of phenolic OH excluding ortho intramolecular Hbond substituents is 1. The van der Waals surface area contributed by atoms with Gasteiger partial charge in [-0.2, -0.15) is 0 Å². The number of nitrogens with one attached hydrogen (secondary N) is 1. The van der Waals surface area contributed by atoms with E-state index in [1.807, 2.05) is 57.4 Å². The first kappa shape index (κ1) is 39.7. The number of phenols is 1. The van der Waals surface area contributed by atoms with E-state index in [0.717, 1.165) is 105 Å². The van der Waals surface area contributed by atoms with E-state index in [9.17, 15) is 9.90 Å². The summed E-state index contributed by atoms with van der Waals surface area (Å²) >= 11 is 0. The molecule has 0 saturated carbocycles. The first-order valence-electron chi connectivity index (χ1n) is 21.1. The predicted molar refractivity (Wildman–Crippen MR) is 222 cm³/mol. The van der Waals surface area contributed by atoms with Gasteiger partial charge in [-0.3, -0.25) is 4.79 Å². The monoisotopic (exact) mass is 791 g/mol. The molecule has 4 aromatic heterocycles. The largest absolute Gasteiger partial charge is 0.507 e. The second-order valence-corrected chi connectivity index (χ2v) is 16.6. The molecule has 2 fully saturated rings. The van der Waals surface area contributed by atoms with Crippen LogP contribution in [0, 0.1) is 11.8 Å². The highest BCUT2D eigenvalue weighted by Crippen LogP contribution is 2.39. The number of carbonyl (C=O) groups is 1. The van der Waals surface area contributed by atoms with Crippen LogP contribution >= 0.6 is 0 Å². The third kappa shape index (κ3) is 8.26. The molecule has 0 amide bonds. The van der Waals surface area contributed by atoms with Crippen LogP contribution in [0.4, 0.5) is 11.8 Å². The van der Waals surface area contributed by atoms with Crippen molar-refractivity contribution in [3.05, 3.63) is 70.9 Å². The molecule has 308 valence electrons. The Labute approximate surface area is 340 Å². The lowest BCUT2D eigenvalue weighted by Crippen LogP contribution is -2.37. The van der Waals surface area contributed by atoms with Gasteiger partial charge in [-0.25, -0.2) is 9.97 Å². The van der Waals surface area contributed by atoms with Gasteiger partial charge in [0.2, 0.25) is 5.95 Å². The van der Waals surface area contributed by atoms with E-state index in [-0.39, 0.29) is 23.7 Å². The van der Waals surface area contributed by atoms with Crippen molar-refractivity contribution < 1.29 is 23.9 Å². The molecule has 1 unspecified atom stereocenters. The molecule has 14 heteroatoms. The molecular formula is C44H57N9O5. The van der Waals surface area contributed by atoms with E-state index in [0.29, 0.717) is 42.1 Å². The summed E-state index contributed by atoms with van der Waals surface area (Å²) in [7, 11) is 1.66. The molecule has 5 aromatic rings. The molecule has 0 radical (unpaired) electrons. The fourth-order valence-electron chi connectivity index (χ4n) is 9.29. The zero-order chi connectivity index (χ0) is 40.3. The summed E-state index contributed by atoms with van der Waals surface area (Å²) in [6.07, 6.45) is 10.6. The number of methoxy groups -OCH3 is 1. The molecule has 1 aromatic carbocycles. The van der Waals surface area contributed by atoms with Crippen molar-refractivity contribution in [1.29, 1.82) is 0 Å². The normalized spacial score (nSPS) is 18.9. The lowest BCUT2D eigenvalue weighted by atomic mass is 9.90. The van der Waals surface area contributed by atoms with Gasteiger partial charge in [-0.1, -0.05) is 25.1 Å². The van der Waals surface area contributed by atoms with Crippen LogP contribution in [0.5, 0.6) is 5.75 Å². The average molecular weight is 792 g/mol. The van der Waals surface area contributed by atoms with Gasteiger partial charge in [-0.05, 0) is 113 Å². The number of aromatic amines is 1. The number of ether oxygens (including phenoxy) is 2. The van der Waals surface area contributed by atoms with Crippen molar-refractivity contribution in [2.45, 2.75) is 90.7 Å². The number of aromatic hydroxyl groups is 1. The lowest BCUT2D eigenvalue weighted by Gasteiger charge is -2.35. The Morgan fingerprint density at radius 2 is 1.79 bits per heavy atom. The van der Waals surface area contributed by atoms with Gasteiger partial charge in [0.1, 0.15) is 11.7 Å². The predicted octanol–water partition coefficient (Wildman–Crippen LogP) is 7.17. The highest BCUT2D eigenvalue weighted by atomic mass is 16.5. The molecule has 0 aliphatic carbocycles. The maximum Gasteiger partial charge on any atom is 0.317 e. The highest BCUT2D eigenvalue weighted by molar-refractivity contribution is 5.86. The van der Waals surface area contributed by atoms with E-state index in [1.54, 1.807) is 13.2 Å². The Morgan fingerprint density at radius 1 is 1.02 bits per heavy atom. The molecule has 7 heterocycles. The zero-order valence-corrected chi connectivity index (χ0v) is 34.5. The summed E-state index contributed by atoms with van der Waals surface area (Å²) in [4.78, 5) is 33.1. The number of esters is 1. The number of piperidine rings is 2. The van der Waals surface area contributed by atoms with Gasteiger partial charge in [-0.15, -0.1) is 10.2 Å². The number of likely N-dealkylation sites (tertiary alicyclic amines) is 1. The van der Waals surface area contributed by atoms with E-state index < -0.39 is 5.92 Å². The number of hydrogen-bond acceptors (Lipinski definition) is 13. The van der Waals surface area contributed by atoms with Gasteiger partial charge < -0.3 is 38.8 Å². The Morgan fingerprint density at radius 3 is 2.52 bits per heavy atom. The zero-order valence-electron chi connectivity index (χ0n) is 34.5. The van der Waals surface area contributed by atoms with Gasteiger partial charge in [0.25, 0.3) is 0 Å². The molecule has 0 spiro atoms. The molecule has 8 rings (SSSR count). The average Bonchev–Trinajstić information content (AvgIpc) is 3.87. The van der Waals surface area contributed by atoms with E-state index in [2.05, 4.69) is 42.0 Å². The van der Waals surface area contributed by atoms with Crippen LogP contribution in [0.1, 0.15) is 106 Å². The minimum Gasteiger partial charge on any atom is -0.507 e. The van der Waals surface area contributed by atoms with Crippen molar-refractivity contribution in [3.8, 4) is 17.0 Å². The van der Waals surface area contributed by atoms with Gasteiger partial charge in [0, 0.05) is 73.8 Å². The van der Waals surface area contributed by atoms with Crippen LogP contribution in [-0.2, 0) is 27.3 Å². The number of H-pyrrole nitrogens is 1. The van der Waals surface area contributed by atoms with Gasteiger partial charge in [0.05, 0.1) is 24.9 Å². The Hall–Kier alpha value is -5.08. The van der Waals surface area contributed by atoms with Crippen LogP contribution in [0.2, 0.25) is 0 Å². The second kappa shape index (κ2) is 17.4. The maximum absolute atomic E-state index is 12.6. The molecular weight excluding hydrogens is 735 g/mol. The van der Waals surface area contributed by atoms with Crippen LogP contribution in [0.15, 0.2) is 47.2 Å². The highest BCUT2D eigenvalue weighted by Gasteiger charge is 2.33. The number of fused-ring (bicyclic) bond motifs is 3. The van der Waals surface area contributed by atoms with Crippen molar-refractivity contribution in [2.75, 3.05) is 62.8 Å². The SMILES string of the molecule is CCOC(=O)C(c1cc(N2CCC(CCN3CCC(c4cnc(N5CCc6[nH]c7nnc(-c8cc(COC)ccc8O)cc7c6[C@@H]5C)nc4)CC3)CC2)no1)C(C)C. The Kier molecular flexibility index (Phi) is 11.9. The molecule has 2 atom stereocenters. The minimum atomic E-state index is -0.435. The van der Waals surface area contributed by atoms with Crippen LogP contribution < -0.4 is 9.80 Å². The number of aromatic nitrogens is 6. The van der Waals surface area contributed by atoms with Crippen molar-refractivity contribution in [3.63, 3.8) is 0 Å². The number of hydrogen-bond donors (Lipinski definition) is 2. The molecule has 2 N–H and O–H groups in total. The summed E-state index contributed by atoms with van der Waals surface area (Å²) in [5, 5.41) is 25.0. The number of nitrogens with zero attached hydrogens (tertiary/aromatic N) is 8. The smallest absolute Gasteiger partial charge is 0.317 e. The van der Waals surface area contributed by atoms with Crippen LogP contribution in [0.25, 0.3) is 22.3 Å². The van der Waals surface area contributed by atoms with E-state index in [1.165, 1.54) is 17.5 Å². The summed E-state index contributed by atoms with van der Waals surface area (Å²) in [6.45, 7) is 14.9. The molecule has 3 aliphatic rings. The molecule has 3 aliphatic heterocycles. The second-order valence-electron chi connectivity index (χ2n) is 16.6. The number of benzene rings is 1. The fourth-order valence-corrected chi connectivity index (χ4v) is 9.29. The number of carbonyl (C=O) groups excluding carboxylic acids is 1. The maximum atomic E-state index is 12.6. The minimum absolute atomic E-state index is 0.0275. The topological polar surface area (TPSA) is 159 Å². The van der Waals surface area contributed by atoms with Crippen LogP contribution in [-0.4, -0.2) is 99.3 Å².